The molecular formula is C38H53NO8. The lowest BCUT2D eigenvalue weighted by atomic mass is 9.84. The minimum absolute atomic E-state index is 0.0150. The standard InChI is InChI=1S/C38H53NO8/c1-3-4-5-8-14-19-31(40)20-15-9-6-7-10-16-21-33(38(2,46)27-35(41)42)36(43)39-34(37(44)45)26-29-22-24-32(25-23-29)47-28-30-17-12-11-13-18-30/h11-13,16-18,21-25,33-34,46H,3-10,14-15,19-20,26-28H2,1-2H3,(H,39,43)(H,41,42)(H,44,45)/b21-16+/t33-,34+,38+/m1/s1. The summed E-state index contributed by atoms with van der Waals surface area (Å²) in [4.78, 5) is 48.9. The van der Waals surface area contributed by atoms with E-state index in [4.69, 9.17) is 4.74 Å². The third-order valence-electron chi connectivity index (χ3n) is 8.15. The first kappa shape index (κ1) is 39.2. The van der Waals surface area contributed by atoms with Crippen molar-refractivity contribution in [3.63, 3.8) is 0 Å². The van der Waals surface area contributed by atoms with Gasteiger partial charge in [0, 0.05) is 19.3 Å². The molecule has 0 aromatic heterocycles. The second-order valence-corrected chi connectivity index (χ2v) is 12.5. The molecule has 0 aliphatic heterocycles. The molecule has 0 unspecified atom stereocenters. The molecule has 0 aliphatic rings. The van der Waals surface area contributed by atoms with Gasteiger partial charge in [-0.3, -0.25) is 14.4 Å². The minimum Gasteiger partial charge on any atom is -0.489 e. The number of Topliss-reactive ketones (excluding diaryl/α,β-unsaturated/α-hetero) is 1. The van der Waals surface area contributed by atoms with Crippen LogP contribution in [0, 0.1) is 5.92 Å². The van der Waals surface area contributed by atoms with E-state index in [2.05, 4.69) is 12.2 Å². The molecule has 9 heteroatoms. The molecule has 0 spiro atoms. The number of hydrogen-bond donors (Lipinski definition) is 4. The average Bonchev–Trinajstić information content (AvgIpc) is 3.02. The van der Waals surface area contributed by atoms with Gasteiger partial charge in [-0.05, 0) is 55.9 Å². The van der Waals surface area contributed by atoms with Crippen molar-refractivity contribution in [2.24, 2.45) is 5.92 Å². The quantitative estimate of drug-likeness (QED) is 0.0659. The first-order valence-corrected chi connectivity index (χ1v) is 16.9. The van der Waals surface area contributed by atoms with E-state index in [0.717, 1.165) is 44.1 Å². The van der Waals surface area contributed by atoms with Crippen LogP contribution in [0.25, 0.3) is 0 Å². The molecule has 0 heterocycles. The van der Waals surface area contributed by atoms with Crippen molar-refractivity contribution in [1.29, 1.82) is 0 Å². The molecule has 1 amide bonds. The van der Waals surface area contributed by atoms with E-state index in [1.807, 2.05) is 30.3 Å². The summed E-state index contributed by atoms with van der Waals surface area (Å²) in [5.74, 6) is -3.63. The Morgan fingerprint density at radius 3 is 2.04 bits per heavy atom. The van der Waals surface area contributed by atoms with Crippen LogP contribution in [0.4, 0.5) is 0 Å². The molecule has 3 atom stereocenters. The van der Waals surface area contributed by atoms with Gasteiger partial charge in [0.1, 0.15) is 24.2 Å². The van der Waals surface area contributed by atoms with Gasteiger partial charge in [-0.25, -0.2) is 4.79 Å². The predicted octanol–water partition coefficient (Wildman–Crippen LogP) is 7.05. The van der Waals surface area contributed by atoms with Crippen LogP contribution in [0.1, 0.15) is 108 Å². The van der Waals surface area contributed by atoms with Crippen molar-refractivity contribution in [3.05, 3.63) is 77.9 Å². The van der Waals surface area contributed by atoms with Crippen LogP contribution in [-0.4, -0.2) is 50.6 Å². The zero-order chi connectivity index (χ0) is 34.5. The van der Waals surface area contributed by atoms with Crippen LogP contribution in [0.2, 0.25) is 0 Å². The number of nitrogens with one attached hydrogen (secondary N) is 1. The number of ether oxygens (including phenoxy) is 1. The number of carbonyl (C=O) groups is 4. The summed E-state index contributed by atoms with van der Waals surface area (Å²) in [7, 11) is 0. The summed E-state index contributed by atoms with van der Waals surface area (Å²) in [5.41, 5.74) is -0.272. The summed E-state index contributed by atoms with van der Waals surface area (Å²) in [6.45, 7) is 3.82. The first-order chi connectivity index (χ1) is 22.5. The topological polar surface area (TPSA) is 150 Å². The van der Waals surface area contributed by atoms with E-state index in [-0.39, 0.29) is 6.42 Å². The lowest BCUT2D eigenvalue weighted by Crippen LogP contribution is -2.50. The molecule has 0 aliphatic carbocycles. The Kier molecular flexibility index (Phi) is 18.1. The third-order valence-corrected chi connectivity index (χ3v) is 8.15. The second kappa shape index (κ2) is 21.7. The number of carboxylic acids is 2. The molecule has 0 radical (unpaired) electrons. The fourth-order valence-corrected chi connectivity index (χ4v) is 5.37. The van der Waals surface area contributed by atoms with E-state index >= 15 is 0 Å². The number of aliphatic carboxylic acids is 2. The number of carboxylic acid groups (broad SMARTS) is 2. The van der Waals surface area contributed by atoms with E-state index in [0.29, 0.717) is 43.0 Å². The summed E-state index contributed by atoms with van der Waals surface area (Å²) >= 11 is 0. The van der Waals surface area contributed by atoms with Gasteiger partial charge < -0.3 is 25.4 Å². The van der Waals surface area contributed by atoms with Gasteiger partial charge in [0.05, 0.1) is 17.9 Å². The predicted molar refractivity (Wildman–Crippen MR) is 182 cm³/mol. The summed E-state index contributed by atoms with van der Waals surface area (Å²) in [6.07, 6.45) is 13.5. The molecule has 0 saturated carbocycles. The van der Waals surface area contributed by atoms with Crippen molar-refractivity contribution < 1.29 is 39.2 Å². The zero-order valence-electron chi connectivity index (χ0n) is 28.0. The van der Waals surface area contributed by atoms with E-state index in [1.165, 1.54) is 32.3 Å². The van der Waals surface area contributed by atoms with Gasteiger partial charge in [0.25, 0.3) is 0 Å². The maximum absolute atomic E-state index is 13.3. The Hall–Kier alpha value is -3.98. The van der Waals surface area contributed by atoms with Gasteiger partial charge in [-0.1, -0.05) is 100 Å². The van der Waals surface area contributed by atoms with Crippen molar-refractivity contribution >= 4 is 23.6 Å². The molecule has 4 N–H and O–H groups in total. The number of allylic oxidation sites excluding steroid dienone is 1. The summed E-state index contributed by atoms with van der Waals surface area (Å²) in [5, 5.41) is 32.7. The third kappa shape index (κ3) is 16.4. The molecule has 9 nitrogen and oxygen atoms in total. The molecule has 0 fully saturated rings. The number of benzene rings is 2. The highest BCUT2D eigenvalue weighted by molar-refractivity contribution is 5.87. The Bertz CT molecular complexity index is 1260. The molecule has 0 bridgehead atoms. The van der Waals surface area contributed by atoms with Crippen LogP contribution in [0.5, 0.6) is 5.75 Å². The SMILES string of the molecule is CCCCCCCC(=O)CCCCCC/C=C/[C@H](C(=O)N[C@@H](Cc1ccc(OCc2ccccc2)cc1)C(=O)O)[C@@](C)(O)CC(=O)O. The van der Waals surface area contributed by atoms with Crippen LogP contribution < -0.4 is 10.1 Å². The van der Waals surface area contributed by atoms with Crippen LogP contribution in [-0.2, 0) is 32.2 Å². The van der Waals surface area contributed by atoms with Gasteiger partial charge in [-0.15, -0.1) is 0 Å². The van der Waals surface area contributed by atoms with Gasteiger partial charge in [0.15, 0.2) is 0 Å². The van der Waals surface area contributed by atoms with Crippen molar-refractivity contribution in [1.82, 2.24) is 5.32 Å². The average molecular weight is 652 g/mol. The van der Waals surface area contributed by atoms with E-state index < -0.39 is 41.8 Å². The lowest BCUT2D eigenvalue weighted by molar-refractivity contribution is -0.148. The molecule has 0 saturated heterocycles. The monoisotopic (exact) mass is 651 g/mol. The van der Waals surface area contributed by atoms with Crippen molar-refractivity contribution in [2.75, 3.05) is 0 Å². The largest absolute Gasteiger partial charge is 0.489 e. The molecular weight excluding hydrogens is 598 g/mol. The Morgan fingerprint density at radius 2 is 1.45 bits per heavy atom. The lowest BCUT2D eigenvalue weighted by Gasteiger charge is -2.29. The Labute approximate surface area is 279 Å². The van der Waals surface area contributed by atoms with E-state index in [1.54, 1.807) is 30.3 Å². The fraction of sp³-hybridized carbons (Fsp3) is 0.526. The Morgan fingerprint density at radius 1 is 0.830 bits per heavy atom. The first-order valence-electron chi connectivity index (χ1n) is 16.9. The highest BCUT2D eigenvalue weighted by atomic mass is 16.5. The summed E-state index contributed by atoms with van der Waals surface area (Å²) < 4.78 is 5.79. The van der Waals surface area contributed by atoms with Crippen LogP contribution >= 0.6 is 0 Å². The second-order valence-electron chi connectivity index (χ2n) is 12.5. The summed E-state index contributed by atoms with van der Waals surface area (Å²) in [6, 6.07) is 15.3. The molecule has 258 valence electrons. The number of hydrogen-bond acceptors (Lipinski definition) is 6. The highest BCUT2D eigenvalue weighted by Crippen LogP contribution is 2.25. The van der Waals surface area contributed by atoms with Crippen molar-refractivity contribution in [3.8, 4) is 5.75 Å². The maximum Gasteiger partial charge on any atom is 0.326 e. The van der Waals surface area contributed by atoms with Crippen LogP contribution in [0.3, 0.4) is 0 Å². The van der Waals surface area contributed by atoms with Gasteiger partial charge in [0.2, 0.25) is 5.91 Å². The van der Waals surface area contributed by atoms with Gasteiger partial charge in [-0.2, -0.15) is 0 Å². The van der Waals surface area contributed by atoms with E-state index in [9.17, 15) is 34.5 Å². The number of amides is 1. The van der Waals surface area contributed by atoms with Crippen LogP contribution in [0.15, 0.2) is 66.7 Å². The van der Waals surface area contributed by atoms with Crippen molar-refractivity contribution in [2.45, 2.75) is 122 Å². The number of carbonyl (C=O) groups excluding carboxylic acids is 2. The molecule has 2 rings (SSSR count). The fourth-order valence-electron chi connectivity index (χ4n) is 5.37. The number of rotatable bonds is 25. The zero-order valence-corrected chi connectivity index (χ0v) is 28.0. The number of unbranched alkanes of at least 4 members (excludes halogenated alkanes) is 8. The smallest absolute Gasteiger partial charge is 0.326 e. The molecule has 47 heavy (non-hydrogen) atoms. The number of ketones is 1. The normalized spacial score (nSPS) is 13.9. The highest BCUT2D eigenvalue weighted by Gasteiger charge is 2.39. The molecule has 2 aromatic carbocycles. The number of aliphatic hydroxyl groups is 1. The minimum atomic E-state index is -1.94. The maximum atomic E-state index is 13.3. The molecule has 2 aromatic rings. The van der Waals surface area contributed by atoms with Gasteiger partial charge >= 0.3 is 11.9 Å². The Balaban J connectivity index is 1.89.